The number of benzene rings is 1. The quantitative estimate of drug-likeness (QED) is 0.728. The van der Waals surface area contributed by atoms with Crippen molar-refractivity contribution in [3.63, 3.8) is 0 Å². The summed E-state index contributed by atoms with van der Waals surface area (Å²) in [6, 6.07) is 9.91. The van der Waals surface area contributed by atoms with Crippen LogP contribution in [0.25, 0.3) is 0 Å². The van der Waals surface area contributed by atoms with Crippen molar-refractivity contribution < 1.29 is 9.84 Å². The molecule has 0 spiro atoms. The van der Waals surface area contributed by atoms with Crippen LogP contribution in [0.3, 0.4) is 0 Å². The first-order valence-corrected chi connectivity index (χ1v) is 4.94. The lowest BCUT2D eigenvalue weighted by Crippen LogP contribution is -2.38. The Balaban J connectivity index is 2.42. The van der Waals surface area contributed by atoms with Crippen molar-refractivity contribution in [1.29, 1.82) is 0 Å². The van der Waals surface area contributed by atoms with Crippen molar-refractivity contribution in [1.82, 2.24) is 0 Å². The van der Waals surface area contributed by atoms with Crippen LogP contribution < -0.4 is 0 Å². The van der Waals surface area contributed by atoms with Crippen molar-refractivity contribution in [2.24, 2.45) is 0 Å². The molecule has 0 bridgehead atoms. The Morgan fingerprint density at radius 1 is 1.29 bits per heavy atom. The van der Waals surface area contributed by atoms with E-state index < -0.39 is 11.2 Å². The first-order valence-electron chi connectivity index (χ1n) is 4.94. The molecule has 2 nitrogen and oxygen atoms in total. The van der Waals surface area contributed by atoms with Crippen LogP contribution in [0, 0.1) is 0 Å². The van der Waals surface area contributed by atoms with Gasteiger partial charge >= 0.3 is 0 Å². The van der Waals surface area contributed by atoms with Crippen LogP contribution >= 0.6 is 0 Å². The predicted octanol–water partition coefficient (Wildman–Crippen LogP) is 2.07. The summed E-state index contributed by atoms with van der Waals surface area (Å²) in [5.41, 5.74) is -0.290. The third kappa shape index (κ3) is 1.18. The van der Waals surface area contributed by atoms with Gasteiger partial charge in [0.2, 0.25) is 0 Å². The zero-order valence-electron chi connectivity index (χ0n) is 8.82. The second-order valence-electron chi connectivity index (χ2n) is 4.42. The van der Waals surface area contributed by atoms with E-state index in [2.05, 4.69) is 0 Å². The Hall–Kier alpha value is -0.860. The topological polar surface area (TPSA) is 32.8 Å². The molecule has 76 valence electrons. The summed E-state index contributed by atoms with van der Waals surface area (Å²) in [4.78, 5) is 0. The molecule has 0 saturated carbocycles. The highest BCUT2D eigenvalue weighted by Crippen LogP contribution is 2.53. The minimum Gasteiger partial charge on any atom is -0.387 e. The highest BCUT2D eigenvalue weighted by Gasteiger charge is 2.63. The molecule has 1 aliphatic rings. The standard InChI is InChI=1S/C12H16O2/c1-9-12(14-9,11(2,3)13)10-7-5-4-6-8-10/h4-9,13H,1-3H3/t9-,12+/m0/s1. The molecule has 2 atom stereocenters. The molecule has 1 N–H and O–H groups in total. The van der Waals surface area contributed by atoms with Crippen LogP contribution in [0.15, 0.2) is 30.3 Å². The van der Waals surface area contributed by atoms with Crippen molar-refractivity contribution in [2.45, 2.75) is 38.1 Å². The van der Waals surface area contributed by atoms with Crippen molar-refractivity contribution in [3.05, 3.63) is 35.9 Å². The molecule has 2 heteroatoms. The minimum atomic E-state index is -0.840. The van der Waals surface area contributed by atoms with E-state index in [9.17, 15) is 5.11 Å². The number of epoxide rings is 1. The Kier molecular flexibility index (Phi) is 1.95. The summed E-state index contributed by atoms with van der Waals surface area (Å²) in [6.45, 7) is 5.58. The number of hydrogen-bond acceptors (Lipinski definition) is 2. The molecular formula is C12H16O2. The molecule has 1 heterocycles. The number of aliphatic hydroxyl groups is 1. The maximum atomic E-state index is 10.1. The van der Waals surface area contributed by atoms with Gasteiger partial charge in [0, 0.05) is 0 Å². The highest BCUT2D eigenvalue weighted by molar-refractivity contribution is 5.32. The first kappa shape index (κ1) is 9.69. The minimum absolute atomic E-state index is 0.0879. The van der Waals surface area contributed by atoms with Gasteiger partial charge in [-0.1, -0.05) is 30.3 Å². The van der Waals surface area contributed by atoms with Crippen LogP contribution in [0.5, 0.6) is 0 Å². The van der Waals surface area contributed by atoms with Gasteiger partial charge in [0.1, 0.15) is 5.60 Å². The van der Waals surface area contributed by atoms with Gasteiger partial charge in [0.05, 0.1) is 11.7 Å². The highest BCUT2D eigenvalue weighted by atomic mass is 16.6. The Bertz CT molecular complexity index is 326. The fourth-order valence-electron chi connectivity index (χ4n) is 2.23. The van der Waals surface area contributed by atoms with E-state index in [-0.39, 0.29) is 6.10 Å². The van der Waals surface area contributed by atoms with Crippen molar-refractivity contribution >= 4 is 0 Å². The smallest absolute Gasteiger partial charge is 0.147 e. The van der Waals surface area contributed by atoms with Gasteiger partial charge in [-0.2, -0.15) is 0 Å². The lowest BCUT2D eigenvalue weighted by Gasteiger charge is -2.27. The van der Waals surface area contributed by atoms with Gasteiger partial charge in [0.15, 0.2) is 0 Å². The van der Waals surface area contributed by atoms with E-state index in [0.717, 1.165) is 5.56 Å². The average Bonchev–Trinajstić information content (AvgIpc) is 2.79. The van der Waals surface area contributed by atoms with E-state index in [1.165, 1.54) is 0 Å². The summed E-state index contributed by atoms with van der Waals surface area (Å²) in [5.74, 6) is 0. The molecule has 1 fully saturated rings. The Morgan fingerprint density at radius 2 is 1.79 bits per heavy atom. The molecule has 0 amide bonds. The molecule has 0 unspecified atom stereocenters. The molecule has 1 aromatic carbocycles. The second-order valence-corrected chi connectivity index (χ2v) is 4.42. The summed E-state index contributed by atoms with van der Waals surface area (Å²) >= 11 is 0. The molecule has 1 aliphatic heterocycles. The summed E-state index contributed by atoms with van der Waals surface area (Å²) < 4.78 is 5.60. The zero-order valence-corrected chi connectivity index (χ0v) is 8.82. The fourth-order valence-corrected chi connectivity index (χ4v) is 2.23. The van der Waals surface area contributed by atoms with Gasteiger partial charge in [-0.25, -0.2) is 0 Å². The Morgan fingerprint density at radius 3 is 2.14 bits per heavy atom. The van der Waals surface area contributed by atoms with Crippen molar-refractivity contribution in [3.8, 4) is 0 Å². The maximum absolute atomic E-state index is 10.1. The van der Waals surface area contributed by atoms with Crippen molar-refractivity contribution in [2.75, 3.05) is 0 Å². The van der Waals surface area contributed by atoms with Gasteiger partial charge < -0.3 is 9.84 Å². The molecule has 1 aromatic rings. The molecule has 0 aliphatic carbocycles. The van der Waals surface area contributed by atoms with E-state index in [1.807, 2.05) is 37.3 Å². The third-order valence-electron chi connectivity index (χ3n) is 2.99. The van der Waals surface area contributed by atoms with E-state index in [0.29, 0.717) is 0 Å². The molecular weight excluding hydrogens is 176 g/mol. The van der Waals surface area contributed by atoms with Crippen LogP contribution in [0.4, 0.5) is 0 Å². The summed E-state index contributed by atoms with van der Waals surface area (Å²) in [6.07, 6.45) is 0.0879. The molecule has 2 rings (SSSR count). The van der Waals surface area contributed by atoms with Gasteiger partial charge in [0.25, 0.3) is 0 Å². The lowest BCUT2D eigenvalue weighted by molar-refractivity contribution is -0.00846. The second kappa shape index (κ2) is 2.81. The fraction of sp³-hybridized carbons (Fsp3) is 0.500. The number of rotatable bonds is 2. The van der Waals surface area contributed by atoms with E-state index in [4.69, 9.17) is 4.74 Å². The first-order chi connectivity index (χ1) is 6.48. The zero-order chi connectivity index (χ0) is 10.4. The van der Waals surface area contributed by atoms with Gasteiger partial charge in [-0.05, 0) is 26.3 Å². The average molecular weight is 192 g/mol. The van der Waals surface area contributed by atoms with E-state index in [1.54, 1.807) is 13.8 Å². The van der Waals surface area contributed by atoms with Crippen LogP contribution in [0.2, 0.25) is 0 Å². The van der Waals surface area contributed by atoms with Crippen LogP contribution in [-0.4, -0.2) is 16.8 Å². The number of hydrogen-bond donors (Lipinski definition) is 1. The predicted molar refractivity (Wildman–Crippen MR) is 55.0 cm³/mol. The lowest BCUT2D eigenvalue weighted by atomic mass is 9.82. The van der Waals surface area contributed by atoms with Crippen LogP contribution in [-0.2, 0) is 10.3 Å². The van der Waals surface area contributed by atoms with Gasteiger partial charge in [-0.15, -0.1) is 0 Å². The molecule has 14 heavy (non-hydrogen) atoms. The normalized spacial score (nSPS) is 31.6. The summed E-state index contributed by atoms with van der Waals surface area (Å²) in [5, 5.41) is 10.1. The maximum Gasteiger partial charge on any atom is 0.147 e. The molecule has 0 aromatic heterocycles. The number of ether oxygens (including phenoxy) is 1. The largest absolute Gasteiger partial charge is 0.387 e. The monoisotopic (exact) mass is 192 g/mol. The molecule has 1 saturated heterocycles. The Labute approximate surface area is 84.5 Å². The van der Waals surface area contributed by atoms with Crippen LogP contribution in [0.1, 0.15) is 26.3 Å². The summed E-state index contributed by atoms with van der Waals surface area (Å²) in [7, 11) is 0. The molecule has 0 radical (unpaired) electrons. The van der Waals surface area contributed by atoms with E-state index >= 15 is 0 Å². The third-order valence-corrected chi connectivity index (χ3v) is 2.99. The SMILES string of the molecule is C[C@@H]1O[C@]1(c1ccccc1)C(C)(C)O. The van der Waals surface area contributed by atoms with Gasteiger partial charge in [-0.3, -0.25) is 0 Å².